The van der Waals surface area contributed by atoms with E-state index in [0.717, 1.165) is 0 Å². The molecule has 0 aromatic carbocycles. The molecular formula is C6H5BrFNO2. The van der Waals surface area contributed by atoms with Crippen LogP contribution in [0.3, 0.4) is 0 Å². The van der Waals surface area contributed by atoms with Gasteiger partial charge in [0.05, 0.1) is 4.92 Å². The molecule has 0 saturated heterocycles. The Morgan fingerprint density at radius 3 is 2.91 bits per heavy atom. The monoisotopic (exact) mass is 221 g/mol. The third kappa shape index (κ3) is 1.86. The van der Waals surface area contributed by atoms with E-state index >= 15 is 0 Å². The molecule has 1 unspecified atom stereocenters. The van der Waals surface area contributed by atoms with Gasteiger partial charge in [0.1, 0.15) is 0 Å². The van der Waals surface area contributed by atoms with Crippen molar-refractivity contribution in [3.63, 3.8) is 0 Å². The number of nitro groups is 1. The minimum Gasteiger partial charge on any atom is -0.258 e. The fourth-order valence-electron chi connectivity index (χ4n) is 0.790. The van der Waals surface area contributed by atoms with Gasteiger partial charge in [-0.15, -0.1) is 0 Å². The van der Waals surface area contributed by atoms with Crippen molar-refractivity contribution in [1.29, 1.82) is 0 Å². The summed E-state index contributed by atoms with van der Waals surface area (Å²) in [4.78, 5) is 9.28. The summed E-state index contributed by atoms with van der Waals surface area (Å²) in [6.07, 6.45) is 2.80. The first kappa shape index (κ1) is 8.39. The summed E-state index contributed by atoms with van der Waals surface area (Å²) in [5, 5.41) is 10.1. The molecule has 3 nitrogen and oxygen atoms in total. The molecule has 0 bridgehead atoms. The van der Waals surface area contributed by atoms with Gasteiger partial charge in [-0.3, -0.25) is 10.1 Å². The molecule has 5 heteroatoms. The molecule has 0 N–H and O–H groups in total. The average Bonchev–Trinajstić information content (AvgIpc) is 1.85. The number of hydrogen-bond acceptors (Lipinski definition) is 2. The fraction of sp³-hybridized carbons (Fsp3) is 0.333. The molecule has 0 saturated carbocycles. The highest BCUT2D eigenvalue weighted by atomic mass is 79.9. The van der Waals surface area contributed by atoms with E-state index in [0.29, 0.717) is 0 Å². The van der Waals surface area contributed by atoms with E-state index in [-0.39, 0.29) is 11.2 Å². The van der Waals surface area contributed by atoms with Crippen LogP contribution in [0.5, 0.6) is 0 Å². The molecule has 1 aliphatic carbocycles. The summed E-state index contributed by atoms with van der Waals surface area (Å²) in [5.41, 5.74) is -0.430. The standard InChI is InChI=1S/C6H5BrFNO2/c7-4-1-2-6(9(10)11)5(8)3-4/h1-2,4H,3H2. The number of rotatable bonds is 1. The van der Waals surface area contributed by atoms with Crippen LogP contribution in [0, 0.1) is 10.1 Å². The Labute approximate surface area is 70.9 Å². The molecule has 11 heavy (non-hydrogen) atoms. The van der Waals surface area contributed by atoms with Gasteiger partial charge in [-0.1, -0.05) is 22.0 Å². The first-order valence-corrected chi connectivity index (χ1v) is 3.88. The Morgan fingerprint density at radius 2 is 2.45 bits per heavy atom. The van der Waals surface area contributed by atoms with E-state index in [2.05, 4.69) is 15.9 Å². The molecule has 0 amide bonds. The Kier molecular flexibility index (Phi) is 2.38. The van der Waals surface area contributed by atoms with Gasteiger partial charge in [0.2, 0.25) is 0 Å². The molecule has 0 fully saturated rings. The predicted molar refractivity (Wildman–Crippen MR) is 41.6 cm³/mol. The highest BCUT2D eigenvalue weighted by Crippen LogP contribution is 2.24. The van der Waals surface area contributed by atoms with Crippen LogP contribution in [0.4, 0.5) is 4.39 Å². The maximum atomic E-state index is 12.7. The number of alkyl halides is 1. The van der Waals surface area contributed by atoms with E-state index in [1.807, 2.05) is 0 Å². The SMILES string of the molecule is O=[N+]([O-])C1=C(F)CC(Br)C=C1. The van der Waals surface area contributed by atoms with Gasteiger partial charge in [0.15, 0.2) is 5.83 Å². The van der Waals surface area contributed by atoms with Gasteiger partial charge >= 0.3 is 0 Å². The summed E-state index contributed by atoms with van der Waals surface area (Å²) >= 11 is 3.12. The lowest BCUT2D eigenvalue weighted by Crippen LogP contribution is -2.07. The van der Waals surface area contributed by atoms with E-state index in [1.54, 1.807) is 6.08 Å². The normalized spacial score (nSPS) is 24.0. The summed E-state index contributed by atoms with van der Waals surface area (Å²) in [7, 11) is 0. The van der Waals surface area contributed by atoms with Crippen LogP contribution in [0.25, 0.3) is 0 Å². The van der Waals surface area contributed by atoms with Gasteiger partial charge in [-0.25, -0.2) is 4.39 Å². The zero-order chi connectivity index (χ0) is 8.43. The topological polar surface area (TPSA) is 43.1 Å². The summed E-state index contributed by atoms with van der Waals surface area (Å²) < 4.78 is 12.7. The van der Waals surface area contributed by atoms with Crippen LogP contribution in [-0.2, 0) is 0 Å². The number of halogens is 2. The molecule has 0 spiro atoms. The molecule has 0 aromatic rings. The van der Waals surface area contributed by atoms with Gasteiger partial charge in [0.25, 0.3) is 5.70 Å². The molecule has 1 aliphatic rings. The highest BCUT2D eigenvalue weighted by Gasteiger charge is 2.21. The number of hydrogen-bond donors (Lipinski definition) is 0. The quantitative estimate of drug-likeness (QED) is 0.387. The van der Waals surface area contributed by atoms with Gasteiger partial charge < -0.3 is 0 Å². The third-order valence-electron chi connectivity index (χ3n) is 1.31. The van der Waals surface area contributed by atoms with E-state index < -0.39 is 16.4 Å². The van der Waals surface area contributed by atoms with Crippen LogP contribution >= 0.6 is 15.9 Å². The highest BCUT2D eigenvalue weighted by molar-refractivity contribution is 9.09. The molecule has 0 aromatic heterocycles. The van der Waals surface area contributed by atoms with Crippen LogP contribution < -0.4 is 0 Å². The first-order valence-electron chi connectivity index (χ1n) is 2.96. The third-order valence-corrected chi connectivity index (χ3v) is 1.94. The number of allylic oxidation sites excluding steroid dienone is 3. The van der Waals surface area contributed by atoms with Gasteiger partial charge in [-0.2, -0.15) is 0 Å². The van der Waals surface area contributed by atoms with Crippen molar-refractivity contribution in [2.45, 2.75) is 11.2 Å². The van der Waals surface area contributed by atoms with Crippen molar-refractivity contribution in [1.82, 2.24) is 0 Å². The second-order valence-corrected chi connectivity index (χ2v) is 3.30. The predicted octanol–water partition coefficient (Wildman–Crippen LogP) is 2.17. The molecule has 1 atom stereocenters. The minimum absolute atomic E-state index is 0.0623. The summed E-state index contributed by atoms with van der Waals surface area (Å²) in [6, 6.07) is 0. The van der Waals surface area contributed by atoms with Crippen LogP contribution in [0.1, 0.15) is 6.42 Å². The van der Waals surface area contributed by atoms with Crippen molar-refractivity contribution in [3.05, 3.63) is 33.8 Å². The van der Waals surface area contributed by atoms with Crippen LogP contribution in [0.2, 0.25) is 0 Å². The van der Waals surface area contributed by atoms with E-state index in [1.165, 1.54) is 6.08 Å². The Morgan fingerprint density at radius 1 is 1.82 bits per heavy atom. The Balaban J connectivity index is 2.88. The van der Waals surface area contributed by atoms with Crippen molar-refractivity contribution >= 4 is 15.9 Å². The van der Waals surface area contributed by atoms with Crippen molar-refractivity contribution in [2.75, 3.05) is 0 Å². The maximum Gasteiger partial charge on any atom is 0.300 e. The minimum atomic E-state index is -0.718. The van der Waals surface area contributed by atoms with Gasteiger partial charge in [0, 0.05) is 17.3 Å². The van der Waals surface area contributed by atoms with Crippen LogP contribution in [-0.4, -0.2) is 9.75 Å². The first-order chi connectivity index (χ1) is 5.11. The summed E-state index contributed by atoms with van der Waals surface area (Å²) in [5.74, 6) is -0.667. The lowest BCUT2D eigenvalue weighted by molar-refractivity contribution is -0.421. The second-order valence-electron chi connectivity index (χ2n) is 2.13. The fourth-order valence-corrected chi connectivity index (χ4v) is 1.23. The van der Waals surface area contributed by atoms with E-state index in [9.17, 15) is 14.5 Å². The zero-order valence-electron chi connectivity index (χ0n) is 5.46. The smallest absolute Gasteiger partial charge is 0.258 e. The zero-order valence-corrected chi connectivity index (χ0v) is 7.04. The van der Waals surface area contributed by atoms with E-state index in [4.69, 9.17) is 0 Å². The molecular weight excluding hydrogens is 217 g/mol. The van der Waals surface area contributed by atoms with Crippen molar-refractivity contribution in [3.8, 4) is 0 Å². The maximum absolute atomic E-state index is 12.7. The lowest BCUT2D eigenvalue weighted by Gasteiger charge is -2.06. The van der Waals surface area contributed by atoms with Crippen LogP contribution in [0.15, 0.2) is 23.7 Å². The molecule has 60 valence electrons. The average molecular weight is 222 g/mol. The van der Waals surface area contributed by atoms with Gasteiger partial charge in [-0.05, 0) is 0 Å². The molecule has 1 rings (SSSR count). The number of nitrogens with zero attached hydrogens (tertiary/aromatic N) is 1. The second kappa shape index (κ2) is 3.13. The van der Waals surface area contributed by atoms with Crippen molar-refractivity contribution < 1.29 is 9.31 Å². The lowest BCUT2D eigenvalue weighted by atomic mass is 10.1. The van der Waals surface area contributed by atoms with Crippen molar-refractivity contribution in [2.24, 2.45) is 0 Å². The largest absolute Gasteiger partial charge is 0.300 e. The Hall–Kier alpha value is -0.710. The molecule has 0 heterocycles. The molecule has 0 aliphatic heterocycles. The Bertz CT molecular complexity index is 249. The summed E-state index contributed by atoms with van der Waals surface area (Å²) in [6.45, 7) is 0. The molecule has 0 radical (unpaired) electrons.